The van der Waals surface area contributed by atoms with E-state index < -0.39 is 17.1 Å². The summed E-state index contributed by atoms with van der Waals surface area (Å²) in [6, 6.07) is 32.0. The molecule has 0 aliphatic heterocycles. The van der Waals surface area contributed by atoms with Crippen LogP contribution in [0.4, 0.5) is 4.79 Å². The van der Waals surface area contributed by atoms with Gasteiger partial charge in [-0.25, -0.2) is 4.79 Å². The molecular weight excluding hydrogens is 511 g/mol. The lowest BCUT2D eigenvalue weighted by molar-refractivity contribution is 0.0860. The van der Waals surface area contributed by atoms with Gasteiger partial charge in [0.1, 0.15) is 11.5 Å². The molecule has 1 aromatic heterocycles. The Labute approximate surface area is 191 Å². The van der Waals surface area contributed by atoms with Crippen LogP contribution in [-0.4, -0.2) is 6.16 Å². The summed E-state index contributed by atoms with van der Waals surface area (Å²) >= 11 is 2.06. The van der Waals surface area contributed by atoms with Gasteiger partial charge in [-0.3, -0.25) is 0 Å². The maximum absolute atomic E-state index is 12.0. The van der Waals surface area contributed by atoms with Gasteiger partial charge in [-0.15, -0.1) is 0 Å². The second-order valence-electron chi connectivity index (χ2n) is 6.35. The van der Waals surface area contributed by atoms with Crippen molar-refractivity contribution in [3.8, 4) is 5.75 Å². The van der Waals surface area contributed by atoms with Gasteiger partial charge in [0, 0.05) is 0 Å². The SMILES string of the molecule is O=C(OCc1ccc(I)o1)Oc1ccc([SH](c2ccccc2)c2ccccc2)cc1. The minimum absolute atomic E-state index is 0.0350. The molecular formula is C24H19IO4S. The highest BCUT2D eigenvalue weighted by atomic mass is 127. The van der Waals surface area contributed by atoms with Gasteiger partial charge in [-0.1, -0.05) is 36.4 Å². The first kappa shape index (κ1) is 20.6. The van der Waals surface area contributed by atoms with Gasteiger partial charge in [0.05, 0.1) is 0 Å². The third-order valence-corrected chi connectivity index (χ3v) is 7.31. The number of furan rings is 1. The Morgan fingerprint density at radius 2 is 1.33 bits per heavy atom. The molecule has 0 bridgehead atoms. The molecule has 0 amide bonds. The fourth-order valence-corrected chi connectivity index (χ4v) is 5.69. The Morgan fingerprint density at radius 1 is 0.767 bits per heavy atom. The highest BCUT2D eigenvalue weighted by molar-refractivity contribution is 14.1. The topological polar surface area (TPSA) is 48.7 Å². The zero-order chi connectivity index (χ0) is 20.8. The van der Waals surface area contributed by atoms with Crippen LogP contribution in [0.5, 0.6) is 5.75 Å². The van der Waals surface area contributed by atoms with Crippen molar-refractivity contribution in [1.29, 1.82) is 0 Å². The van der Waals surface area contributed by atoms with Crippen molar-refractivity contribution < 1.29 is 18.7 Å². The molecule has 0 fully saturated rings. The lowest BCUT2D eigenvalue weighted by Gasteiger charge is -2.23. The highest BCUT2D eigenvalue weighted by Crippen LogP contribution is 2.51. The van der Waals surface area contributed by atoms with Crippen molar-refractivity contribution in [1.82, 2.24) is 0 Å². The number of thiol groups is 1. The fraction of sp³-hybridized carbons (Fsp3) is 0.0417. The molecule has 0 spiro atoms. The summed E-state index contributed by atoms with van der Waals surface area (Å²) in [5.74, 6) is 1.01. The van der Waals surface area contributed by atoms with Crippen LogP contribution >= 0.6 is 33.5 Å². The van der Waals surface area contributed by atoms with Gasteiger partial charge < -0.3 is 13.9 Å². The van der Waals surface area contributed by atoms with E-state index >= 15 is 0 Å². The molecule has 0 saturated heterocycles. The molecule has 6 heteroatoms. The van der Waals surface area contributed by atoms with Crippen molar-refractivity contribution in [2.24, 2.45) is 0 Å². The minimum Gasteiger partial charge on any atom is -0.452 e. The largest absolute Gasteiger partial charge is 0.514 e. The standard InChI is InChI=1S/C24H19IO4S/c25-23-16-13-19(28-23)17-27-24(26)29-18-11-14-22(15-12-18)30(20-7-3-1-4-8-20)21-9-5-2-6-10-21/h1-16,30H,17H2. The number of carbonyl (C=O) groups excluding carboxylic acids is 1. The maximum Gasteiger partial charge on any atom is 0.514 e. The van der Waals surface area contributed by atoms with Crippen molar-refractivity contribution in [3.05, 3.63) is 107 Å². The molecule has 4 aromatic rings. The highest BCUT2D eigenvalue weighted by Gasteiger charge is 2.14. The van der Waals surface area contributed by atoms with Crippen molar-refractivity contribution in [2.75, 3.05) is 0 Å². The summed E-state index contributed by atoms with van der Waals surface area (Å²) in [4.78, 5) is 15.7. The van der Waals surface area contributed by atoms with E-state index in [9.17, 15) is 4.79 Å². The lowest BCUT2D eigenvalue weighted by atomic mass is 10.3. The Hall–Kier alpha value is -2.71. The van der Waals surface area contributed by atoms with Gasteiger partial charge in [0.15, 0.2) is 10.4 Å². The zero-order valence-corrected chi connectivity index (χ0v) is 19.0. The average molecular weight is 530 g/mol. The van der Waals surface area contributed by atoms with E-state index in [4.69, 9.17) is 13.9 Å². The van der Waals surface area contributed by atoms with Gasteiger partial charge in [-0.2, -0.15) is 10.9 Å². The molecule has 1 heterocycles. The third kappa shape index (κ3) is 5.25. The van der Waals surface area contributed by atoms with Crippen molar-refractivity contribution >= 4 is 39.6 Å². The van der Waals surface area contributed by atoms with E-state index in [0.717, 1.165) is 3.77 Å². The van der Waals surface area contributed by atoms with Crippen LogP contribution < -0.4 is 4.74 Å². The van der Waals surface area contributed by atoms with E-state index in [1.54, 1.807) is 24.3 Å². The van der Waals surface area contributed by atoms with Crippen LogP contribution in [0.25, 0.3) is 0 Å². The Morgan fingerprint density at radius 3 is 1.87 bits per heavy atom. The first-order valence-corrected chi connectivity index (χ1v) is 11.7. The van der Waals surface area contributed by atoms with Gasteiger partial charge in [0.2, 0.25) is 0 Å². The predicted molar refractivity (Wildman–Crippen MR) is 125 cm³/mol. The first-order chi connectivity index (χ1) is 14.7. The summed E-state index contributed by atoms with van der Waals surface area (Å²) in [5, 5.41) is 0. The summed E-state index contributed by atoms with van der Waals surface area (Å²) in [6.45, 7) is 0.0350. The molecule has 3 aromatic carbocycles. The Kier molecular flexibility index (Phi) is 6.76. The van der Waals surface area contributed by atoms with Gasteiger partial charge in [0.25, 0.3) is 0 Å². The van der Waals surface area contributed by atoms with Crippen LogP contribution in [0.2, 0.25) is 0 Å². The number of ether oxygens (including phenoxy) is 2. The summed E-state index contributed by atoms with van der Waals surface area (Å²) in [6.07, 6.45) is -0.762. The maximum atomic E-state index is 12.0. The average Bonchev–Trinajstić information content (AvgIpc) is 3.20. The second kappa shape index (κ2) is 9.86. The number of carbonyl (C=O) groups is 1. The third-order valence-electron chi connectivity index (χ3n) is 4.29. The van der Waals surface area contributed by atoms with E-state index in [0.29, 0.717) is 11.5 Å². The van der Waals surface area contributed by atoms with Crippen LogP contribution in [0.1, 0.15) is 5.76 Å². The summed E-state index contributed by atoms with van der Waals surface area (Å²) in [5.41, 5.74) is 0. The summed E-state index contributed by atoms with van der Waals surface area (Å²) in [7, 11) is -0.698. The minimum atomic E-state index is -0.762. The van der Waals surface area contributed by atoms with E-state index in [1.807, 2.05) is 24.3 Å². The smallest absolute Gasteiger partial charge is 0.452 e. The van der Waals surface area contributed by atoms with Crippen LogP contribution in [0, 0.1) is 3.77 Å². The van der Waals surface area contributed by atoms with Crippen LogP contribution in [0.15, 0.2) is 116 Å². The van der Waals surface area contributed by atoms with Gasteiger partial charge >= 0.3 is 6.16 Å². The fourth-order valence-electron chi connectivity index (χ4n) is 2.95. The number of rotatable bonds is 6. The first-order valence-electron chi connectivity index (χ1n) is 9.28. The molecule has 0 N–H and O–H groups in total. The Bertz CT molecular complexity index is 1060. The molecule has 4 rings (SSSR count). The summed E-state index contributed by atoms with van der Waals surface area (Å²) < 4.78 is 16.5. The molecule has 0 aliphatic carbocycles. The van der Waals surface area contributed by atoms with Gasteiger partial charge in [-0.05, 0) is 97.9 Å². The molecule has 0 saturated carbocycles. The van der Waals surface area contributed by atoms with E-state index in [2.05, 4.69) is 71.1 Å². The predicted octanol–water partition coefficient (Wildman–Crippen LogP) is 7.08. The normalized spacial score (nSPS) is 11.0. The van der Waals surface area contributed by atoms with Crippen LogP contribution in [0.3, 0.4) is 0 Å². The molecule has 152 valence electrons. The number of halogens is 1. The molecule has 0 unspecified atom stereocenters. The quantitative estimate of drug-likeness (QED) is 0.125. The second-order valence-corrected chi connectivity index (χ2v) is 9.63. The molecule has 30 heavy (non-hydrogen) atoms. The number of hydrogen-bond acceptors (Lipinski definition) is 4. The Balaban J connectivity index is 1.47. The van der Waals surface area contributed by atoms with Crippen molar-refractivity contribution in [3.63, 3.8) is 0 Å². The molecule has 0 aliphatic rings. The van der Waals surface area contributed by atoms with E-state index in [-0.39, 0.29) is 6.61 Å². The lowest BCUT2D eigenvalue weighted by Crippen LogP contribution is -2.10. The number of benzene rings is 3. The molecule has 0 radical (unpaired) electrons. The molecule has 0 atom stereocenters. The van der Waals surface area contributed by atoms with E-state index in [1.165, 1.54) is 14.7 Å². The number of hydrogen-bond donors (Lipinski definition) is 1. The monoisotopic (exact) mass is 530 g/mol. The van der Waals surface area contributed by atoms with Crippen LogP contribution in [-0.2, 0) is 11.3 Å². The molecule has 4 nitrogen and oxygen atoms in total. The zero-order valence-electron chi connectivity index (χ0n) is 15.9. The van der Waals surface area contributed by atoms with Crippen molar-refractivity contribution in [2.45, 2.75) is 21.3 Å².